The third-order valence-electron chi connectivity index (χ3n) is 5.98. The lowest BCUT2D eigenvalue weighted by Crippen LogP contribution is -2.41. The number of carbonyl (C=O) groups excluding carboxylic acids is 2. The molecule has 3 aromatic rings. The summed E-state index contributed by atoms with van der Waals surface area (Å²) in [5.41, 5.74) is 3.61. The van der Waals surface area contributed by atoms with Crippen molar-refractivity contribution in [2.75, 3.05) is 19.7 Å². The molecule has 1 aliphatic heterocycles. The molecule has 0 aromatic heterocycles. The van der Waals surface area contributed by atoms with Gasteiger partial charge in [-0.25, -0.2) is 4.79 Å². The lowest BCUT2D eigenvalue weighted by molar-refractivity contribution is -0.135. The first kappa shape index (κ1) is 21.6. The van der Waals surface area contributed by atoms with Crippen molar-refractivity contribution < 1.29 is 19.4 Å². The van der Waals surface area contributed by atoms with E-state index in [1.807, 2.05) is 30.3 Å². The highest BCUT2D eigenvalue weighted by atomic mass is 16.5. The molecule has 0 unspecified atom stereocenters. The average molecular weight is 430 g/mol. The van der Waals surface area contributed by atoms with Gasteiger partial charge in [0.2, 0.25) is 0 Å². The zero-order valence-electron chi connectivity index (χ0n) is 17.9. The number of rotatable bonds is 6. The highest BCUT2D eigenvalue weighted by molar-refractivity contribution is 5.91. The van der Waals surface area contributed by atoms with Gasteiger partial charge in [-0.15, -0.1) is 0 Å². The molecule has 0 spiro atoms. The van der Waals surface area contributed by atoms with Gasteiger partial charge >= 0.3 is 5.97 Å². The van der Waals surface area contributed by atoms with E-state index >= 15 is 0 Å². The number of esters is 1. The van der Waals surface area contributed by atoms with Crippen LogP contribution >= 0.6 is 0 Å². The molecule has 1 heterocycles. The summed E-state index contributed by atoms with van der Waals surface area (Å²) in [4.78, 5) is 26.6. The maximum atomic E-state index is 12.5. The molecule has 1 aliphatic rings. The van der Waals surface area contributed by atoms with Crippen LogP contribution in [0.5, 0.6) is 5.75 Å². The number of amides is 1. The molecule has 1 saturated heterocycles. The smallest absolute Gasteiger partial charge is 0.338 e. The first-order valence-electron chi connectivity index (χ1n) is 11.0. The van der Waals surface area contributed by atoms with E-state index in [4.69, 9.17) is 4.74 Å². The van der Waals surface area contributed by atoms with E-state index in [1.54, 1.807) is 29.2 Å². The van der Waals surface area contributed by atoms with Crippen molar-refractivity contribution in [1.29, 1.82) is 0 Å². The third-order valence-corrected chi connectivity index (χ3v) is 5.98. The fourth-order valence-electron chi connectivity index (χ4n) is 4.09. The molecule has 3 aromatic carbocycles. The fraction of sp³-hybridized carbons (Fsp3) is 0.259. The highest BCUT2D eigenvalue weighted by Gasteiger charge is 2.23. The molecule has 4 rings (SSSR count). The second-order valence-corrected chi connectivity index (χ2v) is 8.21. The van der Waals surface area contributed by atoms with Crippen molar-refractivity contribution in [3.63, 3.8) is 0 Å². The molecule has 0 aliphatic carbocycles. The van der Waals surface area contributed by atoms with E-state index in [0.717, 1.165) is 30.4 Å². The second-order valence-electron chi connectivity index (χ2n) is 8.21. The van der Waals surface area contributed by atoms with Crippen LogP contribution in [0.1, 0.15) is 28.8 Å². The maximum Gasteiger partial charge on any atom is 0.338 e. The SMILES string of the molecule is O=C(OCC(=O)N1CCC(Cc2ccccc2)CC1)c1ccc(-c2ccc(O)cc2)cc1. The minimum absolute atomic E-state index is 0.141. The van der Waals surface area contributed by atoms with Gasteiger partial charge in [-0.3, -0.25) is 4.79 Å². The molecule has 5 nitrogen and oxygen atoms in total. The van der Waals surface area contributed by atoms with Gasteiger partial charge in [0.25, 0.3) is 5.91 Å². The predicted molar refractivity (Wildman–Crippen MR) is 123 cm³/mol. The minimum Gasteiger partial charge on any atom is -0.508 e. The fourth-order valence-corrected chi connectivity index (χ4v) is 4.09. The van der Waals surface area contributed by atoms with Gasteiger partial charge in [0.05, 0.1) is 5.56 Å². The lowest BCUT2D eigenvalue weighted by Gasteiger charge is -2.32. The van der Waals surface area contributed by atoms with Crippen LogP contribution in [0.4, 0.5) is 0 Å². The summed E-state index contributed by atoms with van der Waals surface area (Å²) in [6.07, 6.45) is 2.97. The zero-order chi connectivity index (χ0) is 22.3. The topological polar surface area (TPSA) is 66.8 Å². The summed E-state index contributed by atoms with van der Waals surface area (Å²) in [5.74, 6) is 0.141. The van der Waals surface area contributed by atoms with Crippen LogP contribution in [0.2, 0.25) is 0 Å². The van der Waals surface area contributed by atoms with E-state index in [2.05, 4.69) is 24.3 Å². The number of benzene rings is 3. The summed E-state index contributed by atoms with van der Waals surface area (Å²) in [5, 5.41) is 9.40. The van der Waals surface area contributed by atoms with Crippen molar-refractivity contribution in [1.82, 2.24) is 4.90 Å². The minimum atomic E-state index is -0.505. The number of phenolic OH excluding ortho intramolecular Hbond substituents is 1. The molecule has 0 bridgehead atoms. The van der Waals surface area contributed by atoms with E-state index in [1.165, 1.54) is 5.56 Å². The Hall–Kier alpha value is -3.60. The Morgan fingerprint density at radius 2 is 1.44 bits per heavy atom. The summed E-state index contributed by atoms with van der Waals surface area (Å²) in [6, 6.07) is 24.3. The number of hydrogen-bond acceptors (Lipinski definition) is 4. The zero-order valence-corrected chi connectivity index (χ0v) is 17.9. The Balaban J connectivity index is 1.23. The van der Waals surface area contributed by atoms with Crippen LogP contribution in [-0.2, 0) is 16.0 Å². The van der Waals surface area contributed by atoms with Gasteiger partial charge in [-0.1, -0.05) is 54.6 Å². The summed E-state index contributed by atoms with van der Waals surface area (Å²) in [7, 11) is 0. The van der Waals surface area contributed by atoms with Gasteiger partial charge in [0.1, 0.15) is 5.75 Å². The second kappa shape index (κ2) is 10.1. The molecule has 32 heavy (non-hydrogen) atoms. The van der Waals surface area contributed by atoms with Crippen molar-refractivity contribution in [3.8, 4) is 16.9 Å². The number of nitrogens with zero attached hydrogens (tertiary/aromatic N) is 1. The summed E-state index contributed by atoms with van der Waals surface area (Å²) in [6.45, 7) is 1.17. The van der Waals surface area contributed by atoms with Gasteiger partial charge in [-0.05, 0) is 66.1 Å². The summed E-state index contributed by atoms with van der Waals surface area (Å²) < 4.78 is 5.26. The van der Waals surface area contributed by atoms with Crippen molar-refractivity contribution in [2.45, 2.75) is 19.3 Å². The molecule has 5 heteroatoms. The number of piperidine rings is 1. The van der Waals surface area contributed by atoms with Crippen molar-refractivity contribution >= 4 is 11.9 Å². The largest absolute Gasteiger partial charge is 0.508 e. The number of hydrogen-bond donors (Lipinski definition) is 1. The van der Waals surface area contributed by atoms with Crippen LogP contribution < -0.4 is 0 Å². The van der Waals surface area contributed by atoms with E-state index in [-0.39, 0.29) is 18.3 Å². The highest BCUT2D eigenvalue weighted by Crippen LogP contribution is 2.23. The molecular weight excluding hydrogens is 402 g/mol. The van der Waals surface area contributed by atoms with E-state index < -0.39 is 5.97 Å². The van der Waals surface area contributed by atoms with Gasteiger partial charge in [-0.2, -0.15) is 0 Å². The normalized spacial score (nSPS) is 14.2. The molecule has 0 saturated carbocycles. The Bertz CT molecular complexity index is 1040. The third kappa shape index (κ3) is 5.55. The van der Waals surface area contributed by atoms with Crippen LogP contribution in [0, 0.1) is 5.92 Å². The maximum absolute atomic E-state index is 12.5. The van der Waals surface area contributed by atoms with Crippen molar-refractivity contribution in [3.05, 3.63) is 90.0 Å². The molecule has 164 valence electrons. The van der Waals surface area contributed by atoms with Gasteiger partial charge < -0.3 is 14.7 Å². The Morgan fingerprint density at radius 1 is 0.844 bits per heavy atom. The number of ether oxygens (including phenoxy) is 1. The van der Waals surface area contributed by atoms with E-state index in [9.17, 15) is 14.7 Å². The first-order valence-corrected chi connectivity index (χ1v) is 11.0. The predicted octanol–water partition coefficient (Wildman–Crippen LogP) is 4.70. The Kier molecular flexibility index (Phi) is 6.85. The van der Waals surface area contributed by atoms with Gasteiger partial charge in [0, 0.05) is 13.1 Å². The first-order chi connectivity index (χ1) is 15.6. The van der Waals surface area contributed by atoms with E-state index in [0.29, 0.717) is 24.6 Å². The number of likely N-dealkylation sites (tertiary alicyclic amines) is 1. The molecule has 1 N–H and O–H groups in total. The standard InChI is InChI=1S/C27H27NO4/c29-25-12-10-23(11-13-25)22-6-8-24(9-7-22)27(31)32-19-26(30)28-16-14-21(15-17-28)18-20-4-2-1-3-5-20/h1-13,21,29H,14-19H2. The van der Waals surface area contributed by atoms with Crippen molar-refractivity contribution in [2.24, 2.45) is 5.92 Å². The number of carbonyl (C=O) groups is 2. The Morgan fingerprint density at radius 3 is 2.06 bits per heavy atom. The molecule has 0 radical (unpaired) electrons. The van der Waals surface area contributed by atoms with Crippen LogP contribution in [0.25, 0.3) is 11.1 Å². The monoisotopic (exact) mass is 429 g/mol. The quantitative estimate of drug-likeness (QED) is 0.577. The van der Waals surface area contributed by atoms with Crippen LogP contribution in [0.3, 0.4) is 0 Å². The molecule has 1 amide bonds. The summed E-state index contributed by atoms with van der Waals surface area (Å²) >= 11 is 0. The van der Waals surface area contributed by atoms with Crippen LogP contribution in [-0.4, -0.2) is 41.6 Å². The number of aromatic hydroxyl groups is 1. The number of phenols is 1. The Labute approximate surface area is 188 Å². The van der Waals surface area contributed by atoms with Gasteiger partial charge in [0.15, 0.2) is 6.61 Å². The van der Waals surface area contributed by atoms with Crippen LogP contribution in [0.15, 0.2) is 78.9 Å². The molecule has 0 atom stereocenters. The molecular formula is C27H27NO4. The lowest BCUT2D eigenvalue weighted by atomic mass is 9.90. The average Bonchev–Trinajstić information content (AvgIpc) is 2.84. The molecule has 1 fully saturated rings.